The normalized spacial score (nSPS) is 10.6. The molecule has 0 saturated heterocycles. The van der Waals surface area contributed by atoms with E-state index in [1.807, 2.05) is 30.3 Å². The predicted octanol–water partition coefficient (Wildman–Crippen LogP) is 3.31. The Morgan fingerprint density at radius 2 is 1.79 bits per heavy atom. The fourth-order valence-corrected chi connectivity index (χ4v) is 2.75. The number of aromatic nitrogens is 2. The average molecular weight is 394 g/mol. The van der Waals surface area contributed by atoms with Gasteiger partial charge in [-0.3, -0.25) is 4.79 Å². The molecular weight excluding hydrogens is 371 g/mol. The van der Waals surface area contributed by atoms with E-state index in [4.69, 9.17) is 4.74 Å². The van der Waals surface area contributed by atoms with Crippen LogP contribution in [0, 0.1) is 5.82 Å². The van der Waals surface area contributed by atoms with Crippen LogP contribution in [0.15, 0.2) is 60.7 Å². The van der Waals surface area contributed by atoms with Gasteiger partial charge in [0.2, 0.25) is 0 Å². The molecule has 0 aliphatic heterocycles. The minimum atomic E-state index is -0.307. The van der Waals surface area contributed by atoms with Crippen molar-refractivity contribution in [3.8, 4) is 11.4 Å². The van der Waals surface area contributed by atoms with Crippen molar-refractivity contribution in [2.45, 2.75) is 6.42 Å². The van der Waals surface area contributed by atoms with Crippen LogP contribution in [0.5, 0.6) is 0 Å². The van der Waals surface area contributed by atoms with Crippen molar-refractivity contribution in [2.75, 3.05) is 32.1 Å². The van der Waals surface area contributed by atoms with Crippen LogP contribution in [0.4, 0.5) is 10.2 Å². The Hall–Kier alpha value is -3.32. The monoisotopic (exact) mass is 394 g/mol. The smallest absolute Gasteiger partial charge is 0.270 e. The van der Waals surface area contributed by atoms with Crippen molar-refractivity contribution in [1.82, 2.24) is 15.3 Å². The van der Waals surface area contributed by atoms with Crippen LogP contribution in [0.25, 0.3) is 11.4 Å². The van der Waals surface area contributed by atoms with Gasteiger partial charge in [-0.25, -0.2) is 14.4 Å². The lowest BCUT2D eigenvalue weighted by Crippen LogP contribution is -2.28. The minimum absolute atomic E-state index is 0.236. The molecule has 0 bridgehead atoms. The maximum atomic E-state index is 13.8. The molecule has 1 aromatic heterocycles. The second-order valence-electron chi connectivity index (χ2n) is 6.34. The molecule has 0 aliphatic rings. The van der Waals surface area contributed by atoms with Crippen molar-refractivity contribution in [3.63, 3.8) is 0 Å². The number of hydrogen-bond acceptors (Lipinski definition) is 5. The lowest BCUT2D eigenvalue weighted by Gasteiger charge is -2.11. The highest BCUT2D eigenvalue weighted by Crippen LogP contribution is 2.18. The van der Waals surface area contributed by atoms with E-state index in [9.17, 15) is 9.18 Å². The van der Waals surface area contributed by atoms with Gasteiger partial charge in [0.05, 0.1) is 6.61 Å². The van der Waals surface area contributed by atoms with E-state index in [2.05, 4.69) is 20.6 Å². The number of methoxy groups -OCH3 is 1. The molecule has 0 atom stereocenters. The Balaban J connectivity index is 1.78. The van der Waals surface area contributed by atoms with E-state index in [0.717, 1.165) is 5.56 Å². The summed E-state index contributed by atoms with van der Waals surface area (Å²) in [5, 5.41) is 5.93. The zero-order valence-corrected chi connectivity index (χ0v) is 16.2. The van der Waals surface area contributed by atoms with E-state index in [0.29, 0.717) is 43.3 Å². The fraction of sp³-hybridized carbons (Fsp3) is 0.227. The molecule has 2 aromatic carbocycles. The van der Waals surface area contributed by atoms with Crippen molar-refractivity contribution in [3.05, 3.63) is 77.7 Å². The molecule has 3 aromatic rings. The first-order valence-corrected chi connectivity index (χ1v) is 9.36. The Bertz CT molecular complexity index is 951. The van der Waals surface area contributed by atoms with E-state index in [1.165, 1.54) is 6.07 Å². The number of halogens is 1. The number of hydrogen-bond donors (Lipinski definition) is 2. The van der Waals surface area contributed by atoms with Crippen LogP contribution >= 0.6 is 0 Å². The maximum absolute atomic E-state index is 13.8. The number of carbonyl (C=O) groups excluding carboxylic acids is 1. The second kappa shape index (κ2) is 10.3. The quantitative estimate of drug-likeness (QED) is 0.545. The average Bonchev–Trinajstić information content (AvgIpc) is 2.75. The van der Waals surface area contributed by atoms with Crippen molar-refractivity contribution >= 4 is 11.7 Å². The van der Waals surface area contributed by atoms with E-state index in [1.54, 1.807) is 31.4 Å². The van der Waals surface area contributed by atoms with Gasteiger partial charge >= 0.3 is 0 Å². The molecule has 150 valence electrons. The lowest BCUT2D eigenvalue weighted by molar-refractivity contribution is 0.0932. The standard InChI is InChI=1S/C22H23FN4O2/c1-29-14-13-25-22(28)19-15-20(24-12-11-16-7-5-6-10-18(16)23)27-21(26-19)17-8-3-2-4-9-17/h2-10,15H,11-14H2,1H3,(H,25,28)(H,24,26,27). The number of rotatable bonds is 9. The summed E-state index contributed by atoms with van der Waals surface area (Å²) < 4.78 is 18.8. The first kappa shape index (κ1) is 20.4. The van der Waals surface area contributed by atoms with Crippen molar-refractivity contribution in [1.29, 1.82) is 0 Å². The number of carbonyl (C=O) groups is 1. The molecule has 2 N–H and O–H groups in total. The summed E-state index contributed by atoms with van der Waals surface area (Å²) in [5.74, 6) is 0.407. The number of anilines is 1. The van der Waals surface area contributed by atoms with Crippen LogP contribution in [0.1, 0.15) is 16.1 Å². The summed E-state index contributed by atoms with van der Waals surface area (Å²) in [6.45, 7) is 1.27. The van der Waals surface area contributed by atoms with Gasteiger partial charge in [0, 0.05) is 31.8 Å². The largest absolute Gasteiger partial charge is 0.383 e. The van der Waals surface area contributed by atoms with Gasteiger partial charge in [-0.05, 0) is 18.1 Å². The molecule has 3 rings (SSSR count). The molecule has 1 amide bonds. The zero-order valence-electron chi connectivity index (χ0n) is 16.2. The first-order valence-electron chi connectivity index (χ1n) is 9.36. The number of ether oxygens (including phenoxy) is 1. The number of nitrogens with one attached hydrogen (secondary N) is 2. The van der Waals surface area contributed by atoms with Gasteiger partial charge in [-0.1, -0.05) is 48.5 Å². The predicted molar refractivity (Wildman–Crippen MR) is 110 cm³/mol. The molecule has 6 nitrogen and oxygen atoms in total. The van der Waals surface area contributed by atoms with Crippen molar-refractivity contribution in [2.24, 2.45) is 0 Å². The minimum Gasteiger partial charge on any atom is -0.383 e. The van der Waals surface area contributed by atoms with E-state index in [-0.39, 0.29) is 17.4 Å². The molecule has 7 heteroatoms. The van der Waals surface area contributed by atoms with Crippen molar-refractivity contribution < 1.29 is 13.9 Å². The molecule has 0 saturated carbocycles. The Morgan fingerprint density at radius 3 is 2.55 bits per heavy atom. The molecule has 1 heterocycles. The molecular formula is C22H23FN4O2. The topological polar surface area (TPSA) is 76.1 Å². The SMILES string of the molecule is COCCNC(=O)c1cc(NCCc2ccccc2F)nc(-c2ccccc2)n1. The van der Waals surface area contributed by atoms with Gasteiger partial charge in [0.25, 0.3) is 5.91 Å². The molecule has 0 fully saturated rings. The number of nitrogens with zero attached hydrogens (tertiary/aromatic N) is 2. The fourth-order valence-electron chi connectivity index (χ4n) is 2.75. The van der Waals surface area contributed by atoms with Gasteiger partial charge in [-0.2, -0.15) is 0 Å². The highest BCUT2D eigenvalue weighted by Gasteiger charge is 2.13. The van der Waals surface area contributed by atoms with Gasteiger partial charge in [0.1, 0.15) is 17.3 Å². The zero-order chi connectivity index (χ0) is 20.5. The molecule has 0 spiro atoms. The van der Waals surface area contributed by atoms with Gasteiger partial charge in [-0.15, -0.1) is 0 Å². The summed E-state index contributed by atoms with van der Waals surface area (Å²) in [5.41, 5.74) is 1.68. The summed E-state index contributed by atoms with van der Waals surface area (Å²) in [6.07, 6.45) is 0.493. The number of benzene rings is 2. The van der Waals surface area contributed by atoms with Crippen LogP contribution in [-0.4, -0.2) is 42.7 Å². The van der Waals surface area contributed by atoms with Crippen LogP contribution in [0.2, 0.25) is 0 Å². The highest BCUT2D eigenvalue weighted by molar-refractivity contribution is 5.93. The molecule has 29 heavy (non-hydrogen) atoms. The number of amides is 1. The highest BCUT2D eigenvalue weighted by atomic mass is 19.1. The third-order valence-electron chi connectivity index (χ3n) is 4.24. The Morgan fingerprint density at radius 1 is 1.03 bits per heavy atom. The van der Waals surface area contributed by atoms with Crippen LogP contribution in [-0.2, 0) is 11.2 Å². The lowest BCUT2D eigenvalue weighted by atomic mass is 10.1. The van der Waals surface area contributed by atoms with Gasteiger partial charge < -0.3 is 15.4 Å². The summed E-state index contributed by atoms with van der Waals surface area (Å²) in [7, 11) is 1.57. The van der Waals surface area contributed by atoms with Crippen LogP contribution in [0.3, 0.4) is 0 Å². The molecule has 0 unspecified atom stereocenters. The summed E-state index contributed by atoms with van der Waals surface area (Å²) >= 11 is 0. The van der Waals surface area contributed by atoms with Gasteiger partial charge in [0.15, 0.2) is 5.82 Å². The molecule has 0 radical (unpaired) electrons. The first-order chi connectivity index (χ1) is 14.2. The van der Waals surface area contributed by atoms with Crippen LogP contribution < -0.4 is 10.6 Å². The maximum Gasteiger partial charge on any atom is 0.270 e. The van der Waals surface area contributed by atoms with E-state index < -0.39 is 0 Å². The third kappa shape index (κ3) is 5.83. The summed E-state index contributed by atoms with van der Waals surface area (Å²) in [4.78, 5) is 21.4. The molecule has 0 aliphatic carbocycles. The third-order valence-corrected chi connectivity index (χ3v) is 4.24. The Kier molecular flexibility index (Phi) is 7.24. The summed E-state index contributed by atoms with van der Waals surface area (Å²) in [6, 6.07) is 17.7. The second-order valence-corrected chi connectivity index (χ2v) is 6.34. The Labute approximate surface area is 169 Å². The van der Waals surface area contributed by atoms with E-state index >= 15 is 0 Å².